The highest BCUT2D eigenvalue weighted by molar-refractivity contribution is 5.97. The number of nitrogens with zero attached hydrogens (tertiary/aromatic N) is 2. The molecule has 0 aliphatic carbocycles. The summed E-state index contributed by atoms with van der Waals surface area (Å²) in [7, 11) is 0. The highest BCUT2D eigenvalue weighted by atomic mass is 16.2. The number of carbonyl (C=O) groups is 1. The van der Waals surface area contributed by atoms with Gasteiger partial charge in [-0.1, -0.05) is 19.9 Å². The van der Waals surface area contributed by atoms with Crippen LogP contribution >= 0.6 is 0 Å². The summed E-state index contributed by atoms with van der Waals surface area (Å²) in [6, 6.07) is 10.4. The number of rotatable bonds is 4. The van der Waals surface area contributed by atoms with E-state index in [0.29, 0.717) is 0 Å². The largest absolute Gasteiger partial charge is 0.312 e. The van der Waals surface area contributed by atoms with E-state index in [2.05, 4.69) is 37.0 Å². The summed E-state index contributed by atoms with van der Waals surface area (Å²) in [5, 5.41) is 0. The van der Waals surface area contributed by atoms with Crippen molar-refractivity contribution in [3.8, 4) is 11.1 Å². The molecule has 0 N–H and O–H groups in total. The minimum absolute atomic E-state index is 0.144. The van der Waals surface area contributed by atoms with E-state index in [0.717, 1.165) is 31.5 Å². The fourth-order valence-electron chi connectivity index (χ4n) is 3.21. The van der Waals surface area contributed by atoms with Gasteiger partial charge in [-0.25, -0.2) is 0 Å². The van der Waals surface area contributed by atoms with Crippen molar-refractivity contribution in [2.24, 2.45) is 5.92 Å². The molecule has 0 spiro atoms. The molecule has 22 heavy (non-hydrogen) atoms. The van der Waals surface area contributed by atoms with Crippen LogP contribution in [-0.4, -0.2) is 17.4 Å². The fourth-order valence-corrected chi connectivity index (χ4v) is 3.21. The zero-order valence-electron chi connectivity index (χ0n) is 13.2. The molecule has 3 rings (SSSR count). The quantitative estimate of drug-likeness (QED) is 0.851. The minimum atomic E-state index is 0.144. The maximum atomic E-state index is 12.6. The van der Waals surface area contributed by atoms with E-state index >= 15 is 0 Å². The molecule has 0 unspecified atom stereocenters. The van der Waals surface area contributed by atoms with Crippen LogP contribution in [0.15, 0.2) is 42.7 Å². The Morgan fingerprint density at radius 1 is 1.14 bits per heavy atom. The number of benzene rings is 1. The number of fused-ring (bicyclic) bond motifs is 1. The Labute approximate surface area is 132 Å². The molecule has 0 saturated heterocycles. The molecule has 1 amide bonds. The van der Waals surface area contributed by atoms with Crippen molar-refractivity contribution in [2.75, 3.05) is 11.4 Å². The summed E-state index contributed by atoms with van der Waals surface area (Å²) in [5.41, 5.74) is 4.73. The second kappa shape index (κ2) is 6.30. The standard InChI is InChI=1S/C19H22N2O/c1-3-14(4-2)19(22)21-12-9-17-13-16(5-6-18(17)21)15-7-10-20-11-8-15/h5-8,10-11,13-14H,3-4,9,12H2,1-2H3. The summed E-state index contributed by atoms with van der Waals surface area (Å²) < 4.78 is 0. The van der Waals surface area contributed by atoms with Crippen LogP contribution in [-0.2, 0) is 11.2 Å². The molecule has 3 nitrogen and oxygen atoms in total. The van der Waals surface area contributed by atoms with Crippen LogP contribution in [0.25, 0.3) is 11.1 Å². The molecule has 1 aromatic heterocycles. The Morgan fingerprint density at radius 3 is 2.55 bits per heavy atom. The van der Waals surface area contributed by atoms with Crippen LogP contribution in [0.2, 0.25) is 0 Å². The summed E-state index contributed by atoms with van der Waals surface area (Å²) in [5.74, 6) is 0.422. The maximum Gasteiger partial charge on any atom is 0.230 e. The van der Waals surface area contributed by atoms with Crippen molar-refractivity contribution in [1.29, 1.82) is 0 Å². The van der Waals surface area contributed by atoms with Crippen molar-refractivity contribution in [1.82, 2.24) is 4.98 Å². The van der Waals surface area contributed by atoms with Gasteiger partial charge in [0.15, 0.2) is 0 Å². The van der Waals surface area contributed by atoms with Gasteiger partial charge < -0.3 is 4.90 Å². The molecule has 2 heterocycles. The summed E-state index contributed by atoms with van der Waals surface area (Å²) in [4.78, 5) is 18.7. The predicted octanol–water partition coefficient (Wildman–Crippen LogP) is 4.07. The lowest BCUT2D eigenvalue weighted by atomic mass is 10.0. The third-order valence-corrected chi connectivity index (χ3v) is 4.59. The molecule has 0 saturated carbocycles. The average molecular weight is 294 g/mol. The molecule has 0 radical (unpaired) electrons. The Balaban J connectivity index is 1.89. The number of hydrogen-bond acceptors (Lipinski definition) is 2. The third kappa shape index (κ3) is 2.63. The third-order valence-electron chi connectivity index (χ3n) is 4.59. The van der Waals surface area contributed by atoms with Crippen LogP contribution in [0.1, 0.15) is 32.3 Å². The number of anilines is 1. The first kappa shape index (κ1) is 14.8. The topological polar surface area (TPSA) is 33.2 Å². The summed E-state index contributed by atoms with van der Waals surface area (Å²) in [6.07, 6.45) is 6.39. The van der Waals surface area contributed by atoms with Crippen molar-refractivity contribution in [3.05, 3.63) is 48.3 Å². The maximum absolute atomic E-state index is 12.6. The minimum Gasteiger partial charge on any atom is -0.312 e. The molecule has 0 bridgehead atoms. The molecule has 1 aliphatic heterocycles. The zero-order valence-corrected chi connectivity index (χ0v) is 13.2. The molecule has 0 fully saturated rings. The molecule has 1 aliphatic rings. The Kier molecular flexibility index (Phi) is 4.23. The van der Waals surface area contributed by atoms with Crippen LogP contribution < -0.4 is 4.90 Å². The molecule has 3 heteroatoms. The van der Waals surface area contributed by atoms with Gasteiger partial charge in [-0.15, -0.1) is 0 Å². The molecule has 1 aromatic carbocycles. The van der Waals surface area contributed by atoms with Crippen LogP contribution in [0, 0.1) is 5.92 Å². The lowest BCUT2D eigenvalue weighted by Crippen LogP contribution is -2.34. The van der Waals surface area contributed by atoms with Gasteiger partial charge in [0.25, 0.3) is 0 Å². The summed E-state index contributed by atoms with van der Waals surface area (Å²) >= 11 is 0. The van der Waals surface area contributed by atoms with Gasteiger partial charge in [-0.2, -0.15) is 0 Å². The van der Waals surface area contributed by atoms with E-state index in [4.69, 9.17) is 0 Å². The highest BCUT2D eigenvalue weighted by Crippen LogP contribution is 2.33. The van der Waals surface area contributed by atoms with Gasteiger partial charge in [0.2, 0.25) is 5.91 Å². The van der Waals surface area contributed by atoms with Gasteiger partial charge >= 0.3 is 0 Å². The van der Waals surface area contributed by atoms with E-state index in [1.165, 1.54) is 16.7 Å². The average Bonchev–Trinajstić information content (AvgIpc) is 2.99. The predicted molar refractivity (Wildman–Crippen MR) is 89.8 cm³/mol. The number of amides is 1. The van der Waals surface area contributed by atoms with Gasteiger partial charge in [0, 0.05) is 30.5 Å². The van der Waals surface area contributed by atoms with Crippen LogP contribution in [0.4, 0.5) is 5.69 Å². The highest BCUT2D eigenvalue weighted by Gasteiger charge is 2.28. The number of carbonyl (C=O) groups excluding carboxylic acids is 1. The van der Waals surface area contributed by atoms with E-state index in [1.807, 2.05) is 29.4 Å². The van der Waals surface area contributed by atoms with Crippen molar-refractivity contribution < 1.29 is 4.79 Å². The van der Waals surface area contributed by atoms with Gasteiger partial charge in [0.1, 0.15) is 0 Å². The fraction of sp³-hybridized carbons (Fsp3) is 0.368. The molecule has 0 atom stereocenters. The van der Waals surface area contributed by atoms with Crippen molar-refractivity contribution in [2.45, 2.75) is 33.1 Å². The lowest BCUT2D eigenvalue weighted by Gasteiger charge is -2.22. The van der Waals surface area contributed by atoms with E-state index in [9.17, 15) is 4.79 Å². The van der Waals surface area contributed by atoms with Crippen LogP contribution in [0.3, 0.4) is 0 Å². The van der Waals surface area contributed by atoms with Gasteiger partial charge in [0.05, 0.1) is 0 Å². The number of aromatic nitrogens is 1. The lowest BCUT2D eigenvalue weighted by molar-refractivity contribution is -0.122. The number of hydrogen-bond donors (Lipinski definition) is 0. The van der Waals surface area contributed by atoms with Crippen LogP contribution in [0.5, 0.6) is 0 Å². The first-order valence-corrected chi connectivity index (χ1v) is 8.09. The normalized spacial score (nSPS) is 13.5. The Hall–Kier alpha value is -2.16. The van der Waals surface area contributed by atoms with E-state index in [-0.39, 0.29) is 11.8 Å². The SMILES string of the molecule is CCC(CC)C(=O)N1CCc2cc(-c3ccncc3)ccc21. The van der Waals surface area contributed by atoms with Gasteiger partial charge in [-0.3, -0.25) is 9.78 Å². The van der Waals surface area contributed by atoms with E-state index < -0.39 is 0 Å². The Bertz CT molecular complexity index is 662. The summed E-state index contributed by atoms with van der Waals surface area (Å²) in [6.45, 7) is 5.00. The molecular formula is C19H22N2O. The second-order valence-corrected chi connectivity index (χ2v) is 5.83. The smallest absolute Gasteiger partial charge is 0.230 e. The monoisotopic (exact) mass is 294 g/mol. The van der Waals surface area contributed by atoms with E-state index in [1.54, 1.807) is 0 Å². The first-order chi connectivity index (χ1) is 10.7. The second-order valence-electron chi connectivity index (χ2n) is 5.83. The zero-order chi connectivity index (χ0) is 15.5. The van der Waals surface area contributed by atoms with Gasteiger partial charge in [-0.05, 0) is 60.2 Å². The van der Waals surface area contributed by atoms with Crippen molar-refractivity contribution >= 4 is 11.6 Å². The molecule has 114 valence electrons. The van der Waals surface area contributed by atoms with Crippen molar-refractivity contribution in [3.63, 3.8) is 0 Å². The molecular weight excluding hydrogens is 272 g/mol. The Morgan fingerprint density at radius 2 is 1.86 bits per heavy atom. The molecule has 2 aromatic rings. The first-order valence-electron chi connectivity index (χ1n) is 8.09. The number of pyridine rings is 1.